The third kappa shape index (κ3) is 4.18. The molecule has 6 nitrogen and oxygen atoms in total. The van der Waals surface area contributed by atoms with Crippen LogP contribution in [0, 0.1) is 0 Å². The molecule has 0 radical (unpaired) electrons. The molecule has 134 valence electrons. The standard InChI is InChI=1S/C18H22N2O4S/c1-13(15-8-6-5-7-9-15)20(3)25(22,23)16-10-11-18(24-4)17(12-16)19-14(2)21/h5-13H,1-4H3,(H,19,21)/t13-/m0/s1. The molecule has 2 rings (SSSR count). The average molecular weight is 362 g/mol. The number of hydrogen-bond acceptors (Lipinski definition) is 4. The quantitative estimate of drug-likeness (QED) is 0.857. The summed E-state index contributed by atoms with van der Waals surface area (Å²) in [5, 5.41) is 2.59. The number of hydrogen-bond donors (Lipinski definition) is 1. The second-order valence-electron chi connectivity index (χ2n) is 5.65. The Morgan fingerprint density at radius 1 is 1.16 bits per heavy atom. The van der Waals surface area contributed by atoms with E-state index in [9.17, 15) is 13.2 Å². The zero-order chi connectivity index (χ0) is 18.6. The van der Waals surface area contributed by atoms with Gasteiger partial charge in [0.05, 0.1) is 17.7 Å². The van der Waals surface area contributed by atoms with Gasteiger partial charge in [-0.2, -0.15) is 4.31 Å². The second kappa shape index (κ2) is 7.67. The van der Waals surface area contributed by atoms with E-state index in [-0.39, 0.29) is 16.8 Å². The van der Waals surface area contributed by atoms with Crippen LogP contribution < -0.4 is 10.1 Å². The molecule has 2 aromatic carbocycles. The van der Waals surface area contributed by atoms with Crippen LogP contribution in [0.3, 0.4) is 0 Å². The zero-order valence-corrected chi connectivity index (χ0v) is 15.5. The summed E-state index contributed by atoms with van der Waals surface area (Å²) in [5.41, 5.74) is 1.21. The largest absolute Gasteiger partial charge is 0.495 e. The average Bonchev–Trinajstić information content (AvgIpc) is 2.60. The van der Waals surface area contributed by atoms with Gasteiger partial charge in [0.15, 0.2) is 0 Å². The van der Waals surface area contributed by atoms with Crippen molar-refractivity contribution in [1.29, 1.82) is 0 Å². The number of nitrogens with one attached hydrogen (secondary N) is 1. The van der Waals surface area contributed by atoms with Gasteiger partial charge in [0.2, 0.25) is 15.9 Å². The maximum atomic E-state index is 13.0. The maximum Gasteiger partial charge on any atom is 0.243 e. The van der Waals surface area contributed by atoms with Gasteiger partial charge in [-0.15, -0.1) is 0 Å². The van der Waals surface area contributed by atoms with Crippen molar-refractivity contribution in [2.75, 3.05) is 19.5 Å². The third-order valence-corrected chi connectivity index (χ3v) is 5.91. The lowest BCUT2D eigenvalue weighted by Crippen LogP contribution is -2.30. The SMILES string of the molecule is COc1ccc(S(=O)(=O)N(C)[C@@H](C)c2ccccc2)cc1NC(C)=O. The Morgan fingerprint density at radius 3 is 2.36 bits per heavy atom. The van der Waals surface area contributed by atoms with Crippen LogP contribution in [0.1, 0.15) is 25.5 Å². The molecule has 7 heteroatoms. The molecule has 0 aliphatic rings. The third-order valence-electron chi connectivity index (χ3n) is 3.99. The van der Waals surface area contributed by atoms with Crippen LogP contribution in [0.2, 0.25) is 0 Å². The molecule has 1 N–H and O–H groups in total. The van der Waals surface area contributed by atoms with Crippen molar-refractivity contribution in [3.05, 3.63) is 54.1 Å². The zero-order valence-electron chi connectivity index (χ0n) is 14.7. The first-order chi connectivity index (χ1) is 11.8. The lowest BCUT2D eigenvalue weighted by molar-refractivity contribution is -0.114. The molecular weight excluding hydrogens is 340 g/mol. The van der Waals surface area contributed by atoms with Gasteiger partial charge >= 0.3 is 0 Å². The van der Waals surface area contributed by atoms with E-state index >= 15 is 0 Å². The fourth-order valence-electron chi connectivity index (χ4n) is 2.45. The van der Waals surface area contributed by atoms with E-state index in [2.05, 4.69) is 5.32 Å². The van der Waals surface area contributed by atoms with Gasteiger partial charge in [-0.05, 0) is 30.7 Å². The van der Waals surface area contributed by atoms with Crippen molar-refractivity contribution in [2.45, 2.75) is 24.8 Å². The van der Waals surface area contributed by atoms with E-state index in [4.69, 9.17) is 4.74 Å². The van der Waals surface area contributed by atoms with E-state index in [1.165, 1.54) is 43.6 Å². The van der Waals surface area contributed by atoms with Gasteiger partial charge < -0.3 is 10.1 Å². The van der Waals surface area contributed by atoms with Crippen LogP contribution >= 0.6 is 0 Å². The smallest absolute Gasteiger partial charge is 0.243 e. The van der Waals surface area contributed by atoms with Gasteiger partial charge in [-0.1, -0.05) is 30.3 Å². The van der Waals surface area contributed by atoms with Crippen LogP contribution in [0.15, 0.2) is 53.4 Å². The first kappa shape index (κ1) is 19.0. The number of amides is 1. The van der Waals surface area contributed by atoms with Crippen molar-refractivity contribution in [1.82, 2.24) is 4.31 Å². The van der Waals surface area contributed by atoms with E-state index in [0.29, 0.717) is 11.4 Å². The van der Waals surface area contributed by atoms with Crippen LogP contribution in [0.25, 0.3) is 0 Å². The highest BCUT2D eigenvalue weighted by Gasteiger charge is 2.27. The summed E-state index contributed by atoms with van der Waals surface area (Å²) >= 11 is 0. The number of nitrogens with zero attached hydrogens (tertiary/aromatic N) is 1. The van der Waals surface area contributed by atoms with Crippen molar-refractivity contribution in [2.24, 2.45) is 0 Å². The van der Waals surface area contributed by atoms with Crippen molar-refractivity contribution >= 4 is 21.6 Å². The lowest BCUT2D eigenvalue weighted by Gasteiger charge is -2.25. The van der Waals surface area contributed by atoms with Gasteiger partial charge in [-0.3, -0.25) is 4.79 Å². The number of anilines is 1. The minimum atomic E-state index is -3.74. The minimum Gasteiger partial charge on any atom is -0.495 e. The molecule has 0 saturated heterocycles. The minimum absolute atomic E-state index is 0.0855. The summed E-state index contributed by atoms with van der Waals surface area (Å²) in [7, 11) is -0.749. The molecule has 2 aromatic rings. The van der Waals surface area contributed by atoms with Gasteiger partial charge in [0.25, 0.3) is 0 Å². The molecule has 0 saturated carbocycles. The molecule has 0 heterocycles. The van der Waals surface area contributed by atoms with Crippen molar-refractivity contribution in [3.8, 4) is 5.75 Å². The number of ether oxygens (including phenoxy) is 1. The Kier molecular flexibility index (Phi) is 5.81. The normalized spacial score (nSPS) is 12.7. The molecular formula is C18H22N2O4S. The highest BCUT2D eigenvalue weighted by Crippen LogP contribution is 2.31. The van der Waals surface area contributed by atoms with E-state index in [1.54, 1.807) is 0 Å². The van der Waals surface area contributed by atoms with Crippen LogP contribution in [0.5, 0.6) is 5.75 Å². The van der Waals surface area contributed by atoms with Gasteiger partial charge in [0, 0.05) is 20.0 Å². The Labute approximate surface area is 148 Å². The summed E-state index contributed by atoms with van der Waals surface area (Å²) < 4.78 is 32.4. The first-order valence-electron chi connectivity index (χ1n) is 7.76. The monoisotopic (exact) mass is 362 g/mol. The lowest BCUT2D eigenvalue weighted by atomic mass is 10.1. The second-order valence-corrected chi connectivity index (χ2v) is 7.65. The van der Waals surface area contributed by atoms with E-state index in [1.807, 2.05) is 37.3 Å². The highest BCUT2D eigenvalue weighted by molar-refractivity contribution is 7.89. The number of carbonyl (C=O) groups is 1. The molecule has 0 unspecified atom stereocenters. The molecule has 0 bridgehead atoms. The molecule has 1 amide bonds. The van der Waals surface area contributed by atoms with Crippen molar-refractivity contribution < 1.29 is 17.9 Å². The number of rotatable bonds is 6. The Morgan fingerprint density at radius 2 is 1.80 bits per heavy atom. The summed E-state index contributed by atoms with van der Waals surface area (Å²) in [6.45, 7) is 3.18. The molecule has 0 aliphatic heterocycles. The Balaban J connectivity index is 2.40. The molecule has 0 fully saturated rings. The number of sulfonamides is 1. The van der Waals surface area contributed by atoms with E-state index in [0.717, 1.165) is 5.56 Å². The van der Waals surface area contributed by atoms with Gasteiger partial charge in [0.1, 0.15) is 5.75 Å². The fraction of sp³-hybridized carbons (Fsp3) is 0.278. The summed E-state index contributed by atoms with van der Waals surface area (Å²) in [5.74, 6) is 0.0896. The maximum absolute atomic E-state index is 13.0. The molecule has 25 heavy (non-hydrogen) atoms. The predicted molar refractivity (Wildman–Crippen MR) is 97.1 cm³/mol. The number of methoxy groups -OCH3 is 1. The highest BCUT2D eigenvalue weighted by atomic mass is 32.2. The van der Waals surface area contributed by atoms with Gasteiger partial charge in [-0.25, -0.2) is 8.42 Å². The predicted octanol–water partition coefficient (Wildman–Crippen LogP) is 3.04. The summed E-state index contributed by atoms with van der Waals surface area (Å²) in [6.07, 6.45) is 0. The van der Waals surface area contributed by atoms with Crippen LogP contribution in [-0.2, 0) is 14.8 Å². The number of benzene rings is 2. The molecule has 0 spiro atoms. The van der Waals surface area contributed by atoms with Crippen LogP contribution in [-0.4, -0.2) is 32.8 Å². The van der Waals surface area contributed by atoms with Crippen molar-refractivity contribution in [3.63, 3.8) is 0 Å². The molecule has 1 atom stereocenters. The Hall–Kier alpha value is -2.38. The first-order valence-corrected chi connectivity index (χ1v) is 9.20. The molecule has 0 aromatic heterocycles. The Bertz CT molecular complexity index is 851. The molecule has 0 aliphatic carbocycles. The topological polar surface area (TPSA) is 75.7 Å². The van der Waals surface area contributed by atoms with Crippen LogP contribution in [0.4, 0.5) is 5.69 Å². The van der Waals surface area contributed by atoms with E-state index < -0.39 is 10.0 Å². The fourth-order valence-corrected chi connectivity index (χ4v) is 3.83. The summed E-state index contributed by atoms with van der Waals surface area (Å²) in [6, 6.07) is 13.5. The number of carbonyl (C=O) groups excluding carboxylic acids is 1. The summed E-state index contributed by atoms with van der Waals surface area (Å²) in [4.78, 5) is 11.4.